The molecule has 2 heterocycles. The summed E-state index contributed by atoms with van der Waals surface area (Å²) >= 11 is 0. The van der Waals surface area contributed by atoms with Crippen molar-refractivity contribution in [3.05, 3.63) is 95.1 Å². The number of fused-ring (bicyclic) bond motifs is 1. The van der Waals surface area contributed by atoms with Crippen molar-refractivity contribution in [3.63, 3.8) is 0 Å². The molecule has 0 aliphatic carbocycles. The first-order valence-corrected chi connectivity index (χ1v) is 9.57. The van der Waals surface area contributed by atoms with Crippen LogP contribution in [0.25, 0.3) is 0 Å². The van der Waals surface area contributed by atoms with Gasteiger partial charge in [-0.2, -0.15) is 0 Å². The van der Waals surface area contributed by atoms with E-state index in [-0.39, 0.29) is 17.8 Å². The van der Waals surface area contributed by atoms with Gasteiger partial charge in [0.2, 0.25) is 5.91 Å². The second kappa shape index (κ2) is 7.98. The van der Waals surface area contributed by atoms with E-state index >= 15 is 0 Å². The van der Waals surface area contributed by atoms with Crippen molar-refractivity contribution in [1.29, 1.82) is 0 Å². The van der Waals surface area contributed by atoms with Gasteiger partial charge in [0.05, 0.1) is 12.6 Å². The highest BCUT2D eigenvalue weighted by Crippen LogP contribution is 2.32. The number of rotatable bonds is 5. The Morgan fingerprint density at radius 1 is 1.07 bits per heavy atom. The van der Waals surface area contributed by atoms with E-state index in [0.717, 1.165) is 18.7 Å². The molecule has 1 N–H and O–H groups in total. The van der Waals surface area contributed by atoms with Crippen LogP contribution < -0.4 is 5.32 Å². The van der Waals surface area contributed by atoms with Crippen LogP contribution in [0.5, 0.6) is 0 Å². The van der Waals surface area contributed by atoms with Gasteiger partial charge >= 0.3 is 0 Å². The van der Waals surface area contributed by atoms with Gasteiger partial charge in [0.15, 0.2) is 0 Å². The number of carbonyl (C=O) groups excluding carboxylic acids is 1. The lowest BCUT2D eigenvalue weighted by molar-refractivity contribution is -0.123. The summed E-state index contributed by atoms with van der Waals surface area (Å²) in [4.78, 5) is 14.8. The Bertz CT molecular complexity index is 947. The molecular weight excluding hydrogens is 353 g/mol. The molecule has 1 unspecified atom stereocenters. The standard InChI is InChI=1S/C23H24FN3O/c1-17-4-8-19(9-5-17)23-21-3-2-12-26(21)13-14-27(23)16-22(28)25-15-18-6-10-20(24)11-7-18/h2-12,23H,13-16H2,1H3,(H,25,28). The van der Waals surface area contributed by atoms with Gasteiger partial charge in [-0.3, -0.25) is 9.69 Å². The molecule has 2 aromatic carbocycles. The summed E-state index contributed by atoms with van der Waals surface area (Å²) in [5.41, 5.74) is 4.51. The summed E-state index contributed by atoms with van der Waals surface area (Å²) < 4.78 is 15.3. The van der Waals surface area contributed by atoms with Gasteiger partial charge in [0.25, 0.3) is 0 Å². The topological polar surface area (TPSA) is 37.3 Å². The molecule has 3 aromatic rings. The smallest absolute Gasteiger partial charge is 0.234 e. The number of nitrogens with zero attached hydrogens (tertiary/aromatic N) is 2. The minimum absolute atomic E-state index is 0.0264. The fourth-order valence-corrected chi connectivity index (χ4v) is 3.78. The number of aromatic nitrogens is 1. The number of amides is 1. The van der Waals surface area contributed by atoms with Crippen LogP contribution in [0.1, 0.15) is 28.4 Å². The fraction of sp³-hybridized carbons (Fsp3) is 0.261. The molecule has 0 saturated carbocycles. The largest absolute Gasteiger partial charge is 0.351 e. The van der Waals surface area contributed by atoms with E-state index in [9.17, 15) is 9.18 Å². The Hall–Kier alpha value is -2.92. The Labute approximate surface area is 164 Å². The third-order valence-corrected chi connectivity index (χ3v) is 5.28. The van der Waals surface area contributed by atoms with Crippen LogP contribution in [0, 0.1) is 12.7 Å². The first-order chi connectivity index (χ1) is 13.6. The lowest BCUT2D eigenvalue weighted by Crippen LogP contribution is -2.44. The van der Waals surface area contributed by atoms with Gasteiger partial charge in [-0.25, -0.2) is 4.39 Å². The highest BCUT2D eigenvalue weighted by molar-refractivity contribution is 5.78. The number of halogens is 1. The predicted octanol–water partition coefficient (Wildman–Crippen LogP) is 3.66. The molecule has 0 radical (unpaired) electrons. The summed E-state index contributed by atoms with van der Waals surface area (Å²) in [7, 11) is 0. The first kappa shape index (κ1) is 18.4. The van der Waals surface area contributed by atoms with Gasteiger partial charge in [0.1, 0.15) is 5.82 Å². The molecule has 0 fully saturated rings. The first-order valence-electron chi connectivity index (χ1n) is 9.57. The van der Waals surface area contributed by atoms with Gasteiger partial charge in [0, 0.05) is 31.5 Å². The average Bonchev–Trinajstić information content (AvgIpc) is 3.17. The molecule has 0 bridgehead atoms. The van der Waals surface area contributed by atoms with Crippen LogP contribution in [0.4, 0.5) is 4.39 Å². The Morgan fingerprint density at radius 3 is 2.57 bits per heavy atom. The molecule has 1 aliphatic heterocycles. The number of aryl methyl sites for hydroxylation is 1. The second-order valence-electron chi connectivity index (χ2n) is 7.31. The summed E-state index contributed by atoms with van der Waals surface area (Å²) in [5.74, 6) is -0.297. The molecule has 1 atom stereocenters. The van der Waals surface area contributed by atoms with Crippen molar-refractivity contribution < 1.29 is 9.18 Å². The molecule has 1 aromatic heterocycles. The highest BCUT2D eigenvalue weighted by atomic mass is 19.1. The third-order valence-electron chi connectivity index (χ3n) is 5.28. The zero-order chi connectivity index (χ0) is 19.5. The van der Waals surface area contributed by atoms with Gasteiger partial charge in [-0.1, -0.05) is 42.0 Å². The normalized spacial score (nSPS) is 16.6. The fourth-order valence-electron chi connectivity index (χ4n) is 3.78. The highest BCUT2D eigenvalue weighted by Gasteiger charge is 2.29. The van der Waals surface area contributed by atoms with Crippen molar-refractivity contribution in [2.75, 3.05) is 13.1 Å². The van der Waals surface area contributed by atoms with Crippen molar-refractivity contribution >= 4 is 5.91 Å². The number of hydrogen-bond acceptors (Lipinski definition) is 2. The Kier molecular flexibility index (Phi) is 5.26. The van der Waals surface area contributed by atoms with E-state index in [1.807, 2.05) is 0 Å². The number of hydrogen-bond donors (Lipinski definition) is 1. The van der Waals surface area contributed by atoms with E-state index in [1.54, 1.807) is 12.1 Å². The summed E-state index contributed by atoms with van der Waals surface area (Å²) in [6.45, 7) is 4.48. The third kappa shape index (κ3) is 3.99. The average molecular weight is 377 g/mol. The Balaban J connectivity index is 1.48. The van der Waals surface area contributed by atoms with Crippen LogP contribution in [0.2, 0.25) is 0 Å². The Morgan fingerprint density at radius 2 is 1.82 bits per heavy atom. The van der Waals surface area contributed by atoms with E-state index in [2.05, 4.69) is 64.3 Å². The van der Waals surface area contributed by atoms with Gasteiger partial charge in [-0.15, -0.1) is 0 Å². The zero-order valence-corrected chi connectivity index (χ0v) is 15.9. The molecule has 5 heteroatoms. The zero-order valence-electron chi connectivity index (χ0n) is 15.9. The van der Waals surface area contributed by atoms with Crippen LogP contribution in [0.3, 0.4) is 0 Å². The van der Waals surface area contributed by atoms with Crippen LogP contribution in [0.15, 0.2) is 66.9 Å². The van der Waals surface area contributed by atoms with Gasteiger partial charge in [-0.05, 0) is 42.3 Å². The molecule has 0 spiro atoms. The molecule has 0 saturated heterocycles. The van der Waals surface area contributed by atoms with Crippen molar-refractivity contribution in [1.82, 2.24) is 14.8 Å². The van der Waals surface area contributed by atoms with E-state index in [1.165, 1.54) is 29.0 Å². The van der Waals surface area contributed by atoms with E-state index < -0.39 is 0 Å². The number of benzene rings is 2. The maximum absolute atomic E-state index is 13.0. The molecule has 144 valence electrons. The quantitative estimate of drug-likeness (QED) is 0.737. The van der Waals surface area contributed by atoms with E-state index in [0.29, 0.717) is 13.1 Å². The summed E-state index contributed by atoms with van der Waals surface area (Å²) in [6, 6.07) is 19.0. The minimum Gasteiger partial charge on any atom is -0.351 e. The van der Waals surface area contributed by atoms with Crippen LogP contribution in [-0.2, 0) is 17.9 Å². The molecule has 4 rings (SSSR count). The molecular formula is C23H24FN3O. The van der Waals surface area contributed by atoms with Gasteiger partial charge < -0.3 is 9.88 Å². The SMILES string of the molecule is Cc1ccc(C2c3cccn3CCN2CC(=O)NCc2ccc(F)cc2)cc1. The van der Waals surface area contributed by atoms with E-state index in [4.69, 9.17) is 0 Å². The molecule has 1 aliphatic rings. The monoisotopic (exact) mass is 377 g/mol. The maximum atomic E-state index is 13.0. The molecule has 28 heavy (non-hydrogen) atoms. The van der Waals surface area contributed by atoms with Crippen LogP contribution >= 0.6 is 0 Å². The van der Waals surface area contributed by atoms with Crippen molar-refractivity contribution in [2.45, 2.75) is 26.1 Å². The summed E-state index contributed by atoms with van der Waals surface area (Å²) in [6.07, 6.45) is 2.10. The second-order valence-corrected chi connectivity index (χ2v) is 7.31. The lowest BCUT2D eigenvalue weighted by Gasteiger charge is -2.37. The summed E-state index contributed by atoms with van der Waals surface area (Å²) in [5, 5.41) is 2.95. The maximum Gasteiger partial charge on any atom is 0.234 e. The molecule has 4 nitrogen and oxygen atoms in total. The predicted molar refractivity (Wildman–Crippen MR) is 107 cm³/mol. The lowest BCUT2D eigenvalue weighted by atomic mass is 9.99. The van der Waals surface area contributed by atoms with Crippen molar-refractivity contribution in [3.8, 4) is 0 Å². The molecule has 1 amide bonds. The number of nitrogens with one attached hydrogen (secondary N) is 1. The van der Waals surface area contributed by atoms with Crippen molar-refractivity contribution in [2.24, 2.45) is 0 Å². The number of carbonyl (C=O) groups is 1. The minimum atomic E-state index is -0.271. The van der Waals surface area contributed by atoms with Crippen LogP contribution in [-0.4, -0.2) is 28.5 Å².